The number of halogens is 14. The van der Waals surface area contributed by atoms with Gasteiger partial charge >= 0.3 is 172 Å². The van der Waals surface area contributed by atoms with Gasteiger partial charge < -0.3 is 0 Å². The van der Waals surface area contributed by atoms with Crippen molar-refractivity contribution in [1.82, 2.24) is 0 Å². The fourth-order valence-electron chi connectivity index (χ4n) is 2.13. The molecule has 188 valence electrons. The molecule has 0 aliphatic carbocycles. The van der Waals surface area contributed by atoms with Crippen LogP contribution in [0.2, 0.25) is 0 Å². The van der Waals surface area contributed by atoms with Gasteiger partial charge in [-0.2, -0.15) is 0 Å². The molecule has 2 nitrogen and oxygen atoms in total. The van der Waals surface area contributed by atoms with Crippen LogP contribution in [0.15, 0.2) is 0 Å². The van der Waals surface area contributed by atoms with E-state index in [1.807, 2.05) is 0 Å². The molecule has 0 aromatic carbocycles. The van der Waals surface area contributed by atoms with Crippen LogP contribution in [0.5, 0.6) is 0 Å². The summed E-state index contributed by atoms with van der Waals surface area (Å²) in [6, 6.07) is 0. The fraction of sp³-hybridized carbons (Fsp3) is 1.00. The van der Waals surface area contributed by atoms with Crippen molar-refractivity contribution in [2.24, 2.45) is 0 Å². The molecular weight excluding hydrogens is 585 g/mol. The number of rotatable bonds is 14. The third-order valence-corrected chi connectivity index (χ3v) is 13.9. The Morgan fingerprint density at radius 3 is 1.00 bits per heavy atom. The molecular formula is C14H18F14O2Sn. The first-order valence-electron chi connectivity index (χ1n) is 8.41. The van der Waals surface area contributed by atoms with Crippen LogP contribution in [0.25, 0.3) is 0 Å². The predicted molar refractivity (Wildman–Crippen MR) is 79.9 cm³/mol. The molecule has 0 aromatic rings. The topological polar surface area (TPSA) is 18.5 Å². The molecule has 0 aromatic heterocycles. The van der Waals surface area contributed by atoms with Crippen molar-refractivity contribution in [2.45, 2.75) is 58.3 Å². The van der Waals surface area contributed by atoms with Gasteiger partial charge in [0, 0.05) is 0 Å². The van der Waals surface area contributed by atoms with E-state index >= 15 is 0 Å². The van der Waals surface area contributed by atoms with Crippen LogP contribution in [-0.4, -0.2) is 77.3 Å². The minimum absolute atomic E-state index is 0.642. The quantitative estimate of drug-likeness (QED) is 0.176. The zero-order valence-corrected chi connectivity index (χ0v) is 18.7. The SMILES string of the molecule is CCC[O][Sn]([O]CCC)([C](F)(F)C(F)(F)C(F)(F)CF)[C](F)(F)C(F)(F)C(F)(F)CF. The molecule has 0 spiro atoms. The monoisotopic (exact) mass is 604 g/mol. The average Bonchev–Trinajstić information content (AvgIpc) is 2.67. The summed E-state index contributed by atoms with van der Waals surface area (Å²) in [5.41, 5.74) is 0. The average molecular weight is 603 g/mol. The van der Waals surface area contributed by atoms with E-state index in [9.17, 15) is 61.5 Å². The Morgan fingerprint density at radius 2 is 0.806 bits per heavy atom. The van der Waals surface area contributed by atoms with Crippen molar-refractivity contribution in [3.05, 3.63) is 0 Å². The van der Waals surface area contributed by atoms with Crippen molar-refractivity contribution in [2.75, 3.05) is 26.6 Å². The maximum atomic E-state index is 14.7. The van der Waals surface area contributed by atoms with E-state index in [-0.39, 0.29) is 0 Å². The second-order valence-corrected chi connectivity index (χ2v) is 15.0. The van der Waals surface area contributed by atoms with Crippen molar-refractivity contribution >= 4 is 19.2 Å². The minimum atomic E-state index is -9.35. The maximum absolute atomic E-state index is 14.7. The molecule has 0 radical (unpaired) electrons. The van der Waals surface area contributed by atoms with Gasteiger partial charge in [-0.05, 0) is 0 Å². The van der Waals surface area contributed by atoms with Crippen molar-refractivity contribution in [3.8, 4) is 0 Å². The normalized spacial score (nSPS) is 15.5. The van der Waals surface area contributed by atoms with E-state index in [1.54, 1.807) is 0 Å². The molecule has 0 unspecified atom stereocenters. The fourth-order valence-corrected chi connectivity index (χ4v) is 11.8. The molecule has 0 heterocycles. The summed E-state index contributed by atoms with van der Waals surface area (Å²) in [5.74, 6) is -27.1. The van der Waals surface area contributed by atoms with Crippen molar-refractivity contribution in [1.29, 1.82) is 0 Å². The molecule has 0 rings (SSSR count). The van der Waals surface area contributed by atoms with E-state index in [0.29, 0.717) is 0 Å². The summed E-state index contributed by atoms with van der Waals surface area (Å²) in [5, 5.41) is 0. The molecule has 0 saturated heterocycles. The van der Waals surface area contributed by atoms with Gasteiger partial charge in [0.25, 0.3) is 0 Å². The Labute approximate surface area is 172 Å². The molecule has 0 amide bonds. The Bertz CT molecular complexity index is 533. The summed E-state index contributed by atoms with van der Waals surface area (Å²) in [6.07, 6.45) is -1.28. The summed E-state index contributed by atoms with van der Waals surface area (Å²) in [4.78, 5) is 0. The zero-order chi connectivity index (χ0) is 25.2. The predicted octanol–water partition coefficient (Wildman–Crippen LogP) is 6.11. The standard InChI is InChI=1S/2C4H2F7.2C3H7O.Sn/c2*5-1-3(8,9)4(10,11)2(6)7;2*1-2-3-4;/h2*1H2;2*2-3H2,1H3;/q;;2*-1;+2. The third-order valence-electron chi connectivity index (χ3n) is 3.89. The van der Waals surface area contributed by atoms with Crippen molar-refractivity contribution < 1.29 is 67.6 Å². The first kappa shape index (κ1) is 30.7. The van der Waals surface area contributed by atoms with Gasteiger partial charge in [-0.1, -0.05) is 0 Å². The van der Waals surface area contributed by atoms with Gasteiger partial charge in [-0.3, -0.25) is 0 Å². The van der Waals surface area contributed by atoms with Gasteiger partial charge in [0.05, 0.1) is 0 Å². The van der Waals surface area contributed by atoms with E-state index < -0.39 is 90.2 Å². The van der Waals surface area contributed by atoms with Gasteiger partial charge in [0.2, 0.25) is 0 Å². The molecule has 0 aliphatic heterocycles. The van der Waals surface area contributed by atoms with Crippen LogP contribution in [0.1, 0.15) is 26.7 Å². The number of hydrogen-bond donors (Lipinski definition) is 0. The van der Waals surface area contributed by atoms with E-state index in [0.717, 1.165) is 13.8 Å². The number of alkyl halides is 14. The third kappa shape index (κ3) is 4.70. The molecule has 17 heteroatoms. The Balaban J connectivity index is 7.29. The van der Waals surface area contributed by atoms with E-state index in [1.165, 1.54) is 0 Å². The van der Waals surface area contributed by atoms with Gasteiger partial charge in [-0.15, -0.1) is 0 Å². The van der Waals surface area contributed by atoms with E-state index in [2.05, 4.69) is 6.15 Å². The van der Waals surface area contributed by atoms with E-state index in [4.69, 9.17) is 0 Å². The molecule has 0 bridgehead atoms. The Hall–Kier alpha value is -0.261. The van der Waals surface area contributed by atoms with Crippen LogP contribution in [0, 0.1) is 0 Å². The molecule has 0 fully saturated rings. The van der Waals surface area contributed by atoms with Crippen molar-refractivity contribution in [3.63, 3.8) is 0 Å². The molecule has 0 aliphatic rings. The summed E-state index contributed by atoms with van der Waals surface area (Å²) >= 11 is -9.35. The summed E-state index contributed by atoms with van der Waals surface area (Å²) in [6.45, 7) is -8.20. The first-order chi connectivity index (χ1) is 13.7. The second kappa shape index (κ2) is 9.93. The Kier molecular flexibility index (Phi) is 9.84. The second-order valence-electron chi connectivity index (χ2n) is 6.29. The zero-order valence-electron chi connectivity index (χ0n) is 15.9. The molecule has 0 N–H and O–H groups in total. The van der Waals surface area contributed by atoms with Gasteiger partial charge in [-0.25, -0.2) is 0 Å². The van der Waals surface area contributed by atoms with Gasteiger partial charge in [0.15, 0.2) is 0 Å². The van der Waals surface area contributed by atoms with Crippen LogP contribution < -0.4 is 0 Å². The Morgan fingerprint density at radius 1 is 0.548 bits per heavy atom. The summed E-state index contributed by atoms with van der Waals surface area (Å²) < 4.78 is 186. The van der Waals surface area contributed by atoms with Crippen LogP contribution in [0.4, 0.5) is 61.5 Å². The first-order valence-corrected chi connectivity index (χ1v) is 13.6. The molecule has 0 saturated carbocycles. The summed E-state index contributed by atoms with van der Waals surface area (Å²) in [7, 11) is 0. The molecule has 31 heavy (non-hydrogen) atoms. The number of hydrogen-bond acceptors (Lipinski definition) is 2. The van der Waals surface area contributed by atoms with Gasteiger partial charge in [0.1, 0.15) is 0 Å². The molecule has 0 atom stereocenters. The van der Waals surface area contributed by atoms with Crippen LogP contribution in [-0.2, 0) is 6.15 Å². The van der Waals surface area contributed by atoms with Crippen LogP contribution in [0.3, 0.4) is 0 Å². The van der Waals surface area contributed by atoms with Crippen LogP contribution >= 0.6 is 0 Å².